The molecule has 7 N–H and O–H groups in total. The Bertz CT molecular complexity index is 165. The molecule has 0 unspecified atom stereocenters. The maximum absolute atomic E-state index is 9.10. The molecule has 0 aliphatic heterocycles. The summed E-state index contributed by atoms with van der Waals surface area (Å²) in [5.74, 6) is 4.68. The van der Waals surface area contributed by atoms with Crippen molar-refractivity contribution in [2.75, 3.05) is 6.61 Å². The summed E-state index contributed by atoms with van der Waals surface area (Å²) < 4.78 is 0. The molecule has 7 heteroatoms. The van der Waals surface area contributed by atoms with Gasteiger partial charge < -0.3 is 31.4 Å². The van der Waals surface area contributed by atoms with Crippen LogP contribution < -0.4 is 5.84 Å². The van der Waals surface area contributed by atoms with Gasteiger partial charge in [0.15, 0.2) is 0 Å². The monoisotopic (exact) mass is 194 g/mol. The van der Waals surface area contributed by atoms with Crippen molar-refractivity contribution in [1.29, 1.82) is 0 Å². The minimum Gasteiger partial charge on any atom is -0.394 e. The Morgan fingerprint density at radius 1 is 1.15 bits per heavy atom. The zero-order chi connectivity index (χ0) is 10.4. The van der Waals surface area contributed by atoms with Crippen LogP contribution in [0.4, 0.5) is 0 Å². The van der Waals surface area contributed by atoms with Crippen LogP contribution in [0.3, 0.4) is 0 Å². The average Bonchev–Trinajstić information content (AvgIpc) is 2.14. The van der Waals surface area contributed by atoms with E-state index in [4.69, 9.17) is 25.5 Å². The third-order valence-electron chi connectivity index (χ3n) is 1.52. The van der Waals surface area contributed by atoms with Gasteiger partial charge in [0.05, 0.1) is 12.8 Å². The summed E-state index contributed by atoms with van der Waals surface area (Å²) in [6, 6.07) is 0. The Labute approximate surface area is 74.7 Å². The Morgan fingerprint density at radius 2 is 1.69 bits per heavy atom. The van der Waals surface area contributed by atoms with E-state index >= 15 is 0 Å². The molecule has 0 heterocycles. The topological polar surface area (TPSA) is 140 Å². The maximum atomic E-state index is 9.10. The molecule has 0 radical (unpaired) electrons. The lowest BCUT2D eigenvalue weighted by Crippen LogP contribution is -2.46. The van der Waals surface area contributed by atoms with Gasteiger partial charge in [0.25, 0.3) is 0 Å². The number of nitrogens with two attached hydrogens (primary N) is 1. The van der Waals surface area contributed by atoms with Crippen molar-refractivity contribution in [3.63, 3.8) is 0 Å². The molecule has 0 aliphatic rings. The minimum atomic E-state index is -1.65. The number of aliphatic hydroxyl groups excluding tert-OH is 5. The highest BCUT2D eigenvalue weighted by atomic mass is 16.4. The van der Waals surface area contributed by atoms with Crippen LogP contribution >= 0.6 is 0 Å². The van der Waals surface area contributed by atoms with E-state index in [9.17, 15) is 0 Å². The van der Waals surface area contributed by atoms with Crippen LogP contribution in [0.2, 0.25) is 0 Å². The van der Waals surface area contributed by atoms with Crippen molar-refractivity contribution in [3.8, 4) is 0 Å². The molecule has 0 aliphatic carbocycles. The van der Waals surface area contributed by atoms with Crippen LogP contribution in [0.25, 0.3) is 0 Å². The van der Waals surface area contributed by atoms with Gasteiger partial charge in [-0.2, -0.15) is 5.10 Å². The van der Waals surface area contributed by atoms with Crippen LogP contribution in [-0.2, 0) is 0 Å². The lowest BCUT2D eigenvalue weighted by molar-refractivity contribution is -0.0999. The number of hydrazone groups is 1. The van der Waals surface area contributed by atoms with Gasteiger partial charge in [-0.15, -0.1) is 0 Å². The first-order valence-electron chi connectivity index (χ1n) is 3.61. The second-order valence-electron chi connectivity index (χ2n) is 2.52. The van der Waals surface area contributed by atoms with E-state index in [1.807, 2.05) is 0 Å². The number of aliphatic hydroxyl groups is 5. The summed E-state index contributed by atoms with van der Waals surface area (Å²) in [5, 5.41) is 47.4. The van der Waals surface area contributed by atoms with E-state index in [0.717, 1.165) is 6.21 Å². The maximum Gasteiger partial charge on any atom is 0.119 e. The fourth-order valence-corrected chi connectivity index (χ4v) is 0.714. The summed E-state index contributed by atoms with van der Waals surface area (Å²) in [4.78, 5) is 0. The zero-order valence-corrected chi connectivity index (χ0v) is 6.85. The van der Waals surface area contributed by atoms with Gasteiger partial charge in [-0.05, 0) is 0 Å². The second kappa shape index (κ2) is 5.84. The summed E-state index contributed by atoms with van der Waals surface area (Å²) in [6.07, 6.45) is -5.50. The molecule has 0 aromatic heterocycles. The Hall–Kier alpha value is -0.730. The van der Waals surface area contributed by atoms with E-state index in [-0.39, 0.29) is 0 Å². The molecule has 0 saturated heterocycles. The Morgan fingerprint density at radius 3 is 2.08 bits per heavy atom. The minimum absolute atomic E-state index is 0.718. The molecule has 0 fully saturated rings. The highest BCUT2D eigenvalue weighted by molar-refractivity contribution is 5.63. The smallest absolute Gasteiger partial charge is 0.119 e. The Kier molecular flexibility index (Phi) is 5.51. The molecular weight excluding hydrogens is 180 g/mol. The fourth-order valence-electron chi connectivity index (χ4n) is 0.714. The number of rotatable bonds is 5. The summed E-state index contributed by atoms with van der Waals surface area (Å²) in [7, 11) is 0. The van der Waals surface area contributed by atoms with E-state index in [1.54, 1.807) is 0 Å². The molecule has 4 atom stereocenters. The predicted octanol–water partition coefficient (Wildman–Crippen LogP) is -3.63. The molecule has 0 saturated carbocycles. The third-order valence-corrected chi connectivity index (χ3v) is 1.52. The third kappa shape index (κ3) is 3.66. The molecule has 0 aromatic carbocycles. The molecule has 7 nitrogen and oxygen atoms in total. The first-order chi connectivity index (χ1) is 6.04. The highest BCUT2D eigenvalue weighted by Crippen LogP contribution is 2.03. The normalized spacial score (nSPS) is 21.3. The first kappa shape index (κ1) is 12.3. The first-order valence-corrected chi connectivity index (χ1v) is 3.61. The van der Waals surface area contributed by atoms with E-state index in [0.29, 0.717) is 0 Å². The summed E-state index contributed by atoms with van der Waals surface area (Å²) in [6.45, 7) is -0.718. The molecule has 0 spiro atoms. The van der Waals surface area contributed by atoms with Gasteiger partial charge in [0.2, 0.25) is 0 Å². The van der Waals surface area contributed by atoms with Crippen molar-refractivity contribution in [2.24, 2.45) is 10.9 Å². The molecule has 0 amide bonds. The highest BCUT2D eigenvalue weighted by Gasteiger charge is 2.28. The molecule has 0 rings (SSSR count). The van der Waals surface area contributed by atoms with Crippen molar-refractivity contribution in [3.05, 3.63) is 0 Å². The van der Waals surface area contributed by atoms with Gasteiger partial charge in [0, 0.05) is 0 Å². The largest absolute Gasteiger partial charge is 0.394 e. The zero-order valence-electron chi connectivity index (χ0n) is 6.85. The van der Waals surface area contributed by atoms with Gasteiger partial charge >= 0.3 is 0 Å². The predicted molar refractivity (Wildman–Crippen MR) is 43.8 cm³/mol. The van der Waals surface area contributed by atoms with E-state index < -0.39 is 31.0 Å². The molecule has 78 valence electrons. The number of hydrogen-bond donors (Lipinski definition) is 6. The second-order valence-corrected chi connectivity index (χ2v) is 2.52. The van der Waals surface area contributed by atoms with Crippen molar-refractivity contribution in [1.82, 2.24) is 0 Å². The fraction of sp³-hybridized carbons (Fsp3) is 0.833. The van der Waals surface area contributed by atoms with Crippen LogP contribution in [0, 0.1) is 0 Å². The van der Waals surface area contributed by atoms with Crippen LogP contribution in [-0.4, -0.2) is 62.8 Å². The molecule has 13 heavy (non-hydrogen) atoms. The van der Waals surface area contributed by atoms with Gasteiger partial charge in [-0.25, -0.2) is 0 Å². The van der Waals surface area contributed by atoms with Crippen molar-refractivity contribution < 1.29 is 25.5 Å². The SMILES string of the molecule is NN=C[C@H](O)[C@@H](O)[C@@H](O)[C@H](O)CO. The van der Waals surface area contributed by atoms with Crippen LogP contribution in [0.15, 0.2) is 5.10 Å². The molecule has 0 aromatic rings. The number of nitrogens with zero attached hydrogens (tertiary/aromatic N) is 1. The number of hydrogen-bond acceptors (Lipinski definition) is 7. The Balaban J connectivity index is 4.15. The van der Waals surface area contributed by atoms with Crippen molar-refractivity contribution in [2.45, 2.75) is 24.4 Å². The van der Waals surface area contributed by atoms with Crippen LogP contribution in [0.1, 0.15) is 0 Å². The molecular formula is C6H14N2O5. The average molecular weight is 194 g/mol. The van der Waals surface area contributed by atoms with Gasteiger partial charge in [0.1, 0.15) is 24.4 Å². The van der Waals surface area contributed by atoms with Crippen LogP contribution in [0.5, 0.6) is 0 Å². The van der Waals surface area contributed by atoms with Crippen molar-refractivity contribution >= 4 is 6.21 Å². The quantitative estimate of drug-likeness (QED) is 0.152. The van der Waals surface area contributed by atoms with E-state index in [2.05, 4.69) is 10.9 Å². The standard InChI is InChI=1S/C6H14N2O5/c7-8-1-3(10)5(12)6(13)4(11)2-9/h1,3-6,9-13H,2,7H2/t3-,4+,5+,6-/m0/s1. The van der Waals surface area contributed by atoms with Gasteiger partial charge in [-0.1, -0.05) is 0 Å². The lowest BCUT2D eigenvalue weighted by atomic mass is 10.0. The lowest BCUT2D eigenvalue weighted by Gasteiger charge is -2.23. The van der Waals surface area contributed by atoms with Gasteiger partial charge in [-0.3, -0.25) is 0 Å². The van der Waals surface area contributed by atoms with E-state index in [1.165, 1.54) is 0 Å². The molecule has 0 bridgehead atoms. The summed E-state index contributed by atoms with van der Waals surface area (Å²) >= 11 is 0. The summed E-state index contributed by atoms with van der Waals surface area (Å²) in [5.41, 5.74) is 0.